The van der Waals surface area contributed by atoms with Crippen molar-refractivity contribution in [3.63, 3.8) is 0 Å². The van der Waals surface area contributed by atoms with Crippen LogP contribution in [0.1, 0.15) is 55.1 Å². The highest BCUT2D eigenvalue weighted by Crippen LogP contribution is 2.28. The molecule has 1 saturated heterocycles. The Hall–Kier alpha value is -1.20. The van der Waals surface area contributed by atoms with E-state index in [1.807, 2.05) is 25.2 Å². The van der Waals surface area contributed by atoms with Crippen molar-refractivity contribution in [3.05, 3.63) is 27.2 Å². The van der Waals surface area contributed by atoms with E-state index >= 15 is 0 Å². The van der Waals surface area contributed by atoms with Crippen LogP contribution < -0.4 is 5.32 Å². The Morgan fingerprint density at radius 1 is 1.29 bits per heavy atom. The molecule has 0 saturated carbocycles. The molecule has 132 valence electrons. The molecule has 0 atom stereocenters. The second kappa shape index (κ2) is 8.26. The zero-order valence-electron chi connectivity index (χ0n) is 14.9. The summed E-state index contributed by atoms with van der Waals surface area (Å²) in [5, 5.41) is 4.34. The van der Waals surface area contributed by atoms with Gasteiger partial charge in [0.25, 0.3) is 0 Å². The van der Waals surface area contributed by atoms with Gasteiger partial charge in [-0.25, -0.2) is 4.98 Å². The minimum Gasteiger partial charge on any atom is -0.352 e. The molecule has 0 unspecified atom stereocenters. The number of fused-ring (bicyclic) bond motifs is 1. The third-order valence-corrected chi connectivity index (χ3v) is 6.08. The van der Waals surface area contributed by atoms with Crippen molar-refractivity contribution in [2.45, 2.75) is 58.9 Å². The number of carbonyl (C=O) groups excluding carboxylic acids is 1. The topological polar surface area (TPSA) is 45.2 Å². The maximum atomic E-state index is 11.7. The average molecular weight is 348 g/mol. The number of thiazole rings is 1. The zero-order valence-corrected chi connectivity index (χ0v) is 15.8. The molecule has 1 fully saturated rings. The molecule has 1 aliphatic carbocycles. The lowest BCUT2D eigenvalue weighted by molar-refractivity contribution is -0.116. The molecule has 0 radical (unpaired) electrons. The number of nitrogens with one attached hydrogen (secondary N) is 1. The third kappa shape index (κ3) is 4.90. The fourth-order valence-corrected chi connectivity index (χ4v) is 4.77. The van der Waals surface area contributed by atoms with Crippen molar-refractivity contribution < 1.29 is 4.79 Å². The number of aromatic nitrogens is 1. The Morgan fingerprint density at radius 2 is 2.04 bits per heavy atom. The summed E-state index contributed by atoms with van der Waals surface area (Å²) in [6.07, 6.45) is 9.07. The molecule has 24 heavy (non-hydrogen) atoms. The summed E-state index contributed by atoms with van der Waals surface area (Å²) in [6.45, 7) is 7.96. The van der Waals surface area contributed by atoms with Crippen molar-refractivity contribution >= 4 is 17.2 Å². The molecule has 0 bridgehead atoms. The van der Waals surface area contributed by atoms with Gasteiger partial charge in [-0.3, -0.25) is 9.69 Å². The number of hydrogen-bond donors (Lipinski definition) is 1. The van der Waals surface area contributed by atoms with Crippen LogP contribution in [0.4, 0.5) is 0 Å². The molecule has 1 amide bonds. The minimum atomic E-state index is 0.0470. The van der Waals surface area contributed by atoms with Gasteiger partial charge < -0.3 is 5.32 Å². The van der Waals surface area contributed by atoms with E-state index in [1.165, 1.54) is 54.1 Å². The molecule has 0 aromatic carbocycles. The van der Waals surface area contributed by atoms with Crippen LogP contribution in [-0.4, -0.2) is 35.4 Å². The smallest absolute Gasteiger partial charge is 0.243 e. The van der Waals surface area contributed by atoms with E-state index in [0.29, 0.717) is 5.92 Å². The molecule has 1 N–H and O–H groups in total. The molecule has 5 heteroatoms. The molecule has 1 aromatic heterocycles. The molecule has 2 heterocycles. The lowest BCUT2D eigenvalue weighted by Crippen LogP contribution is -2.38. The first kappa shape index (κ1) is 17.6. The Bertz CT molecular complexity index is 572. The third-order valence-electron chi connectivity index (χ3n) is 4.94. The Kier molecular flexibility index (Phi) is 6.06. The fraction of sp³-hybridized carbons (Fsp3) is 0.684. The van der Waals surface area contributed by atoms with Gasteiger partial charge in [-0.1, -0.05) is 5.57 Å². The summed E-state index contributed by atoms with van der Waals surface area (Å²) in [5.74, 6) is 0.658. The van der Waals surface area contributed by atoms with E-state index in [2.05, 4.69) is 10.2 Å². The van der Waals surface area contributed by atoms with Gasteiger partial charge >= 0.3 is 0 Å². The van der Waals surface area contributed by atoms with Crippen LogP contribution in [0.3, 0.4) is 0 Å². The number of piperidine rings is 1. The normalized spacial score (nSPS) is 18.9. The van der Waals surface area contributed by atoms with Gasteiger partial charge in [0.05, 0.1) is 12.2 Å². The highest BCUT2D eigenvalue weighted by molar-refractivity contribution is 7.11. The molecule has 4 nitrogen and oxygen atoms in total. The van der Waals surface area contributed by atoms with Crippen LogP contribution in [0.5, 0.6) is 0 Å². The molecule has 1 aromatic rings. The van der Waals surface area contributed by atoms with Crippen molar-refractivity contribution in [1.82, 2.24) is 15.2 Å². The second-order valence-electron chi connectivity index (χ2n) is 7.37. The summed E-state index contributed by atoms with van der Waals surface area (Å²) in [5.41, 5.74) is 2.42. The highest BCUT2D eigenvalue weighted by atomic mass is 32.1. The zero-order chi connectivity index (χ0) is 16.9. The minimum absolute atomic E-state index is 0.0470. The van der Waals surface area contributed by atoms with Gasteiger partial charge in [-0.15, -0.1) is 11.3 Å². The van der Waals surface area contributed by atoms with Gasteiger partial charge in [0.1, 0.15) is 5.01 Å². The van der Waals surface area contributed by atoms with Gasteiger partial charge in [0.15, 0.2) is 0 Å². The Balaban J connectivity index is 1.41. The van der Waals surface area contributed by atoms with Gasteiger partial charge in [-0.2, -0.15) is 0 Å². The van der Waals surface area contributed by atoms with Crippen molar-refractivity contribution in [1.29, 1.82) is 0 Å². The number of carbonyl (C=O) groups is 1. The standard InChI is InChI=1S/C19H29N3OS/c1-14(2)11-18(23)20-12-15-7-9-22(10-8-15)13-19-21-16-5-3-4-6-17(16)24-19/h11,15H,3-10,12-13H2,1-2H3,(H,20,23). The van der Waals surface area contributed by atoms with E-state index in [9.17, 15) is 4.79 Å². The molecular formula is C19H29N3OS. The van der Waals surface area contributed by atoms with E-state index in [0.717, 1.165) is 31.8 Å². The van der Waals surface area contributed by atoms with Gasteiger partial charge in [-0.05, 0) is 71.4 Å². The van der Waals surface area contributed by atoms with Crippen LogP contribution in [-0.2, 0) is 24.2 Å². The van der Waals surface area contributed by atoms with Crippen LogP contribution in [0.2, 0.25) is 0 Å². The summed E-state index contributed by atoms with van der Waals surface area (Å²) >= 11 is 1.93. The number of hydrogen-bond acceptors (Lipinski definition) is 4. The van der Waals surface area contributed by atoms with Crippen LogP contribution in [0, 0.1) is 5.92 Å². The predicted molar refractivity (Wildman–Crippen MR) is 99.2 cm³/mol. The van der Waals surface area contributed by atoms with Crippen LogP contribution in [0.25, 0.3) is 0 Å². The first-order valence-electron chi connectivity index (χ1n) is 9.22. The van der Waals surface area contributed by atoms with E-state index in [1.54, 1.807) is 6.08 Å². The van der Waals surface area contributed by atoms with Crippen LogP contribution >= 0.6 is 11.3 Å². The van der Waals surface area contributed by atoms with Gasteiger partial charge in [0.2, 0.25) is 5.91 Å². The molecule has 1 aliphatic heterocycles. The Labute approximate surface area is 149 Å². The number of nitrogens with zero attached hydrogens (tertiary/aromatic N) is 2. The number of allylic oxidation sites excluding steroid dienone is 1. The average Bonchev–Trinajstić information content (AvgIpc) is 2.96. The molecule has 2 aliphatic rings. The Morgan fingerprint density at radius 3 is 2.75 bits per heavy atom. The lowest BCUT2D eigenvalue weighted by atomic mass is 9.97. The number of amides is 1. The monoisotopic (exact) mass is 347 g/mol. The molecule has 0 spiro atoms. The summed E-state index contributed by atoms with van der Waals surface area (Å²) in [7, 11) is 0. The number of likely N-dealkylation sites (tertiary alicyclic amines) is 1. The summed E-state index contributed by atoms with van der Waals surface area (Å²) in [4.78, 5) is 20.6. The second-order valence-corrected chi connectivity index (χ2v) is 8.54. The van der Waals surface area contributed by atoms with Crippen molar-refractivity contribution in [2.24, 2.45) is 5.92 Å². The van der Waals surface area contributed by atoms with E-state index < -0.39 is 0 Å². The highest BCUT2D eigenvalue weighted by Gasteiger charge is 2.22. The van der Waals surface area contributed by atoms with E-state index in [4.69, 9.17) is 4.98 Å². The maximum Gasteiger partial charge on any atom is 0.243 e. The quantitative estimate of drug-likeness (QED) is 0.831. The summed E-state index contributed by atoms with van der Waals surface area (Å²) in [6, 6.07) is 0. The predicted octanol–water partition coefficient (Wildman–Crippen LogP) is 3.32. The number of rotatable bonds is 5. The summed E-state index contributed by atoms with van der Waals surface area (Å²) < 4.78 is 0. The van der Waals surface area contributed by atoms with Gasteiger partial charge in [0, 0.05) is 17.5 Å². The van der Waals surface area contributed by atoms with Crippen molar-refractivity contribution in [2.75, 3.05) is 19.6 Å². The molecule has 3 rings (SSSR count). The molecular weight excluding hydrogens is 318 g/mol. The first-order valence-corrected chi connectivity index (χ1v) is 10.0. The lowest BCUT2D eigenvalue weighted by Gasteiger charge is -2.31. The van der Waals surface area contributed by atoms with E-state index in [-0.39, 0.29) is 5.91 Å². The SMILES string of the molecule is CC(C)=CC(=O)NCC1CCN(Cc2nc3c(s2)CCCC3)CC1. The van der Waals surface area contributed by atoms with Crippen molar-refractivity contribution in [3.8, 4) is 0 Å². The fourth-order valence-electron chi connectivity index (χ4n) is 3.57. The largest absolute Gasteiger partial charge is 0.352 e. The maximum absolute atomic E-state index is 11.7. The van der Waals surface area contributed by atoms with Crippen LogP contribution in [0.15, 0.2) is 11.6 Å². The first-order chi connectivity index (χ1) is 11.6. The number of aryl methyl sites for hydroxylation is 2.